The normalized spacial score (nSPS) is 42.2. The van der Waals surface area contributed by atoms with Gasteiger partial charge in [-0.2, -0.15) is 0 Å². The zero-order valence-corrected chi connectivity index (χ0v) is 23.3. The maximum Gasteiger partial charge on any atom is 0.334 e. The Labute approximate surface area is 223 Å². The molecule has 0 aromatic heterocycles. The van der Waals surface area contributed by atoms with Crippen LogP contribution in [0.2, 0.25) is 0 Å². The summed E-state index contributed by atoms with van der Waals surface area (Å²) in [5, 5.41) is 16.3. The van der Waals surface area contributed by atoms with E-state index in [1.165, 1.54) is 22.8 Å². The Morgan fingerprint density at radius 2 is 1.95 bits per heavy atom. The molecule has 0 radical (unpaired) electrons. The molecule has 5 rings (SSSR count). The summed E-state index contributed by atoms with van der Waals surface area (Å²) >= 11 is 0. The van der Waals surface area contributed by atoms with Crippen LogP contribution in [0.15, 0.2) is 46.1 Å². The van der Waals surface area contributed by atoms with Gasteiger partial charge in [-0.15, -0.1) is 0 Å². The van der Waals surface area contributed by atoms with Crippen LogP contribution < -0.4 is 0 Å². The number of esters is 1. The van der Waals surface area contributed by atoms with Crippen LogP contribution in [0, 0.1) is 29.8 Å². The molecule has 2 fully saturated rings. The molecule has 5 nitrogen and oxygen atoms in total. The fourth-order valence-corrected chi connectivity index (χ4v) is 7.55. The molecule has 200 valence electrons. The van der Waals surface area contributed by atoms with Crippen molar-refractivity contribution in [2.75, 3.05) is 0 Å². The summed E-state index contributed by atoms with van der Waals surface area (Å²) < 4.78 is 12.2. The predicted octanol–water partition coefficient (Wildman–Crippen LogP) is 7.05. The van der Waals surface area contributed by atoms with E-state index in [4.69, 9.17) is 14.8 Å². The Morgan fingerprint density at radius 3 is 2.70 bits per heavy atom. The number of aliphatic hydroxyl groups is 1. The van der Waals surface area contributed by atoms with Crippen molar-refractivity contribution in [3.05, 3.63) is 64.0 Å². The molecule has 2 saturated heterocycles. The lowest BCUT2D eigenvalue weighted by atomic mass is 9.56. The first kappa shape index (κ1) is 26.6. The lowest BCUT2D eigenvalue weighted by molar-refractivity contribution is -0.138. The van der Waals surface area contributed by atoms with Gasteiger partial charge in [0.2, 0.25) is 0 Å². The summed E-state index contributed by atoms with van der Waals surface area (Å²) in [6.45, 7) is 12.7. The monoisotopic (exact) mass is 506 g/mol. The third-order valence-corrected chi connectivity index (χ3v) is 9.76. The third kappa shape index (κ3) is 5.07. The number of fused-ring (bicyclic) bond motifs is 2. The number of allylic oxidation sites excluding steroid dienone is 3. The average molecular weight is 507 g/mol. The molecule has 4 heterocycles. The maximum absolute atomic E-state index is 12.2. The van der Waals surface area contributed by atoms with Crippen molar-refractivity contribution in [3.63, 3.8) is 0 Å². The van der Waals surface area contributed by atoms with E-state index in [2.05, 4.69) is 46.4 Å². The fourth-order valence-electron chi connectivity index (χ4n) is 7.55. The molecular weight excluding hydrogens is 462 g/mol. The summed E-state index contributed by atoms with van der Waals surface area (Å²) in [5.74, 6) is 0.428. The number of rotatable bonds is 1. The van der Waals surface area contributed by atoms with E-state index in [1.54, 1.807) is 0 Å². The number of cyclic esters (lactones) is 1. The van der Waals surface area contributed by atoms with E-state index in [0.717, 1.165) is 56.9 Å². The second kappa shape index (κ2) is 10.7. The number of carbonyl (C=O) groups is 1. The number of hydrogen-bond acceptors (Lipinski definition) is 4. The first-order valence-corrected chi connectivity index (χ1v) is 14.4. The number of ether oxygens (including phenoxy) is 2. The number of hydrogen-bond donors (Lipinski definition) is 1. The van der Waals surface area contributed by atoms with E-state index < -0.39 is 6.10 Å². The Morgan fingerprint density at radius 1 is 1.14 bits per heavy atom. The first-order chi connectivity index (χ1) is 17.7. The Bertz CT molecular complexity index is 1020. The van der Waals surface area contributed by atoms with Crippen LogP contribution in [0.25, 0.3) is 5.32 Å². The number of aliphatic hydroxyl groups excluding tert-OH is 1. The standard InChI is InChI=1S/C32H44NO4/c1-19-8-6-9-29-32(13-7-15-33-29)14-12-25(28-18-22(4)31(35)37-28)23(5)26(32)17-20(2)27(34)11-10-24-16-21(3)30(19)36-24/h8,15,17-18,21,24,26-28,30,34H,6-7,9-14,16H2,1-5H3/q+1/b19-8+,20-17+/t21-,24-,26+,27+,28?,30+,32+/m1/s1. The highest BCUT2D eigenvalue weighted by Crippen LogP contribution is 2.60. The van der Waals surface area contributed by atoms with Gasteiger partial charge in [-0.1, -0.05) is 24.6 Å². The Balaban J connectivity index is 1.53. The summed E-state index contributed by atoms with van der Waals surface area (Å²) in [6, 6.07) is 1.29. The lowest BCUT2D eigenvalue weighted by Gasteiger charge is -2.47. The van der Waals surface area contributed by atoms with Crippen molar-refractivity contribution in [3.8, 4) is 0 Å². The molecular formula is C32H44NO4+. The summed E-state index contributed by atoms with van der Waals surface area (Å²) in [4.78, 5) is 12.2. The Kier molecular flexibility index (Phi) is 7.68. The van der Waals surface area contributed by atoms with E-state index >= 15 is 0 Å². The van der Waals surface area contributed by atoms with Gasteiger partial charge in [-0.05, 0) is 88.5 Å². The molecule has 0 saturated carbocycles. The summed E-state index contributed by atoms with van der Waals surface area (Å²) in [6.07, 6.45) is 14.8. The molecule has 5 heteroatoms. The van der Waals surface area contributed by atoms with Crippen LogP contribution in [-0.4, -0.2) is 35.5 Å². The van der Waals surface area contributed by atoms with Gasteiger partial charge in [-0.25, -0.2) is 4.79 Å². The van der Waals surface area contributed by atoms with Gasteiger partial charge >= 0.3 is 5.97 Å². The molecule has 1 spiro atoms. The van der Waals surface area contributed by atoms with Crippen LogP contribution in [0.4, 0.5) is 0 Å². The number of nitrogens with zero attached hydrogens (tertiary/aromatic N) is 1. The quantitative estimate of drug-likeness (QED) is 0.235. The van der Waals surface area contributed by atoms with Gasteiger partial charge in [0.05, 0.1) is 37.2 Å². The second-order valence-electron chi connectivity index (χ2n) is 12.2. The van der Waals surface area contributed by atoms with E-state index in [1.807, 2.05) is 13.0 Å². The molecule has 2 bridgehead atoms. The largest absolute Gasteiger partial charge is 0.450 e. The van der Waals surface area contributed by atoms with Gasteiger partial charge in [0.25, 0.3) is 0 Å². The van der Waals surface area contributed by atoms with Crippen LogP contribution in [0.3, 0.4) is 0 Å². The van der Waals surface area contributed by atoms with Crippen molar-refractivity contribution >= 4 is 5.97 Å². The van der Waals surface area contributed by atoms with E-state index in [0.29, 0.717) is 17.9 Å². The Hall–Kier alpha value is -1.95. The molecule has 7 atom stereocenters. The first-order valence-electron chi connectivity index (χ1n) is 14.4. The third-order valence-electron chi connectivity index (χ3n) is 9.76. The average Bonchev–Trinajstić information content (AvgIpc) is 3.41. The fraction of sp³-hybridized carbons (Fsp3) is 0.656. The summed E-state index contributed by atoms with van der Waals surface area (Å²) in [7, 11) is 0. The SMILES string of the molecule is CC1=CC(C2=C(C)[C@@H]3/C=C(\C)[C@@H](O)CC[C@@H]4C[C@@H](C)[C@@H](O4)/C(C)=C/CC[C+]4[N-][CH+]CC[C@@]43CC2)OC1=O. The predicted molar refractivity (Wildman–Crippen MR) is 146 cm³/mol. The number of carbonyl (C=O) groups excluding carboxylic acids is 1. The highest BCUT2D eigenvalue weighted by Gasteiger charge is 2.55. The molecule has 5 aliphatic rings. The lowest BCUT2D eigenvalue weighted by Crippen LogP contribution is -2.42. The van der Waals surface area contributed by atoms with Gasteiger partial charge in [0.1, 0.15) is 11.5 Å². The maximum atomic E-state index is 12.2. The molecule has 0 aromatic carbocycles. The topological polar surface area (TPSA) is 69.9 Å². The molecule has 1 aliphatic carbocycles. The molecule has 0 amide bonds. The highest BCUT2D eigenvalue weighted by molar-refractivity contribution is 5.90. The van der Waals surface area contributed by atoms with Crippen molar-refractivity contribution in [2.24, 2.45) is 17.3 Å². The van der Waals surface area contributed by atoms with Crippen molar-refractivity contribution in [1.82, 2.24) is 0 Å². The van der Waals surface area contributed by atoms with Crippen molar-refractivity contribution in [1.29, 1.82) is 0 Å². The van der Waals surface area contributed by atoms with Crippen molar-refractivity contribution < 1.29 is 19.4 Å². The minimum absolute atomic E-state index is 0.0601. The minimum atomic E-state index is -0.489. The molecule has 4 aliphatic heterocycles. The smallest absolute Gasteiger partial charge is 0.334 e. The highest BCUT2D eigenvalue weighted by atomic mass is 16.5. The van der Waals surface area contributed by atoms with Crippen LogP contribution >= 0.6 is 0 Å². The van der Waals surface area contributed by atoms with Gasteiger partial charge in [0.15, 0.2) is 0 Å². The van der Waals surface area contributed by atoms with Gasteiger partial charge in [0, 0.05) is 30.9 Å². The zero-order valence-electron chi connectivity index (χ0n) is 23.3. The van der Waals surface area contributed by atoms with E-state index in [9.17, 15) is 9.90 Å². The van der Waals surface area contributed by atoms with Crippen molar-refractivity contribution in [2.45, 2.75) is 117 Å². The van der Waals surface area contributed by atoms with Crippen LogP contribution in [0.1, 0.15) is 92.4 Å². The zero-order chi connectivity index (χ0) is 26.3. The van der Waals surface area contributed by atoms with Crippen LogP contribution in [-0.2, 0) is 14.3 Å². The van der Waals surface area contributed by atoms with E-state index in [-0.39, 0.29) is 35.6 Å². The molecule has 0 aromatic rings. The van der Waals surface area contributed by atoms with Gasteiger partial charge < -0.3 is 14.6 Å². The summed E-state index contributed by atoms with van der Waals surface area (Å²) in [5.41, 5.74) is 5.50. The van der Waals surface area contributed by atoms with Crippen LogP contribution in [0.5, 0.6) is 0 Å². The number of piperidine rings is 1. The second-order valence-corrected chi connectivity index (χ2v) is 12.2. The molecule has 37 heavy (non-hydrogen) atoms. The molecule has 1 N–H and O–H groups in total. The van der Waals surface area contributed by atoms with Gasteiger partial charge in [-0.3, -0.25) is 5.32 Å². The molecule has 1 unspecified atom stereocenters. The minimum Gasteiger partial charge on any atom is -0.450 e.